The Bertz CT molecular complexity index is 561. The topological polar surface area (TPSA) is 76.1 Å². The Labute approximate surface area is 242 Å². The van der Waals surface area contributed by atoms with Crippen LogP contribution in [0.15, 0.2) is 0 Å². The average molecular weight is 556 g/mol. The lowest BCUT2D eigenvalue weighted by Crippen LogP contribution is -2.29. The number of hydrogen-bond donors (Lipinski definition) is 1. The number of unbranched alkanes of at least 4 members (excludes halogenated alkanes) is 16. The molecule has 0 unspecified atom stereocenters. The van der Waals surface area contributed by atoms with Crippen molar-refractivity contribution in [1.82, 2.24) is 4.90 Å². The number of hydrogen-bond acceptors (Lipinski definition) is 6. The lowest BCUT2D eigenvalue weighted by Gasteiger charge is -2.21. The van der Waals surface area contributed by atoms with Crippen molar-refractivity contribution in [3.05, 3.63) is 0 Å². The van der Waals surface area contributed by atoms with E-state index in [0.717, 1.165) is 83.8 Å². The molecule has 0 rings (SSSR count). The van der Waals surface area contributed by atoms with Gasteiger partial charge in [-0.3, -0.25) is 9.59 Å². The number of aliphatic hydroxyl groups is 1. The van der Waals surface area contributed by atoms with Crippen molar-refractivity contribution in [2.24, 2.45) is 0 Å². The van der Waals surface area contributed by atoms with Gasteiger partial charge in [-0.2, -0.15) is 0 Å². The van der Waals surface area contributed by atoms with Crippen LogP contribution in [0.2, 0.25) is 0 Å². The van der Waals surface area contributed by atoms with Crippen LogP contribution in [0, 0.1) is 0 Å². The van der Waals surface area contributed by atoms with Crippen LogP contribution in [0.5, 0.6) is 0 Å². The van der Waals surface area contributed by atoms with Crippen LogP contribution in [0.25, 0.3) is 0 Å². The van der Waals surface area contributed by atoms with Gasteiger partial charge in [0.2, 0.25) is 0 Å². The molecule has 0 aromatic carbocycles. The number of aliphatic hydroxyl groups excluding tert-OH is 1. The Morgan fingerprint density at radius 1 is 0.590 bits per heavy atom. The second kappa shape index (κ2) is 27.1. The molecule has 0 bridgehead atoms. The SMILES string of the molecule is CCCCCCCCCCCOC(=O)CCCCCCCN(CCO)CCCCCCCC(=O)OC(C)(C)C. The van der Waals surface area contributed by atoms with Crippen LogP contribution in [-0.4, -0.2) is 60.4 Å². The molecule has 0 spiro atoms. The molecule has 0 aliphatic heterocycles. The Kier molecular flexibility index (Phi) is 26.3. The van der Waals surface area contributed by atoms with Gasteiger partial charge in [-0.05, 0) is 66.0 Å². The van der Waals surface area contributed by atoms with E-state index >= 15 is 0 Å². The summed E-state index contributed by atoms with van der Waals surface area (Å²) >= 11 is 0. The number of carbonyl (C=O) groups is 2. The summed E-state index contributed by atoms with van der Waals surface area (Å²) in [4.78, 5) is 26.0. The van der Waals surface area contributed by atoms with Gasteiger partial charge in [-0.25, -0.2) is 0 Å². The van der Waals surface area contributed by atoms with Crippen molar-refractivity contribution in [1.29, 1.82) is 0 Å². The molecule has 0 saturated carbocycles. The van der Waals surface area contributed by atoms with Crippen LogP contribution in [0.3, 0.4) is 0 Å². The van der Waals surface area contributed by atoms with Crippen LogP contribution < -0.4 is 0 Å². The molecule has 0 atom stereocenters. The summed E-state index contributed by atoms with van der Waals surface area (Å²) in [6, 6.07) is 0. The molecule has 39 heavy (non-hydrogen) atoms. The zero-order valence-electron chi connectivity index (χ0n) is 26.4. The standard InChI is InChI=1S/C33H65NO5/c1-5-6-7-8-9-10-11-18-23-30-38-31(36)24-19-14-12-16-21-26-34(28-29-35)27-22-17-13-15-20-25-32(37)39-33(2,3)4/h35H,5-30H2,1-4H3. The average Bonchev–Trinajstić information content (AvgIpc) is 2.87. The molecule has 0 heterocycles. The number of ether oxygens (including phenoxy) is 2. The highest BCUT2D eigenvalue weighted by molar-refractivity contribution is 5.69. The van der Waals surface area contributed by atoms with Gasteiger partial charge in [-0.1, -0.05) is 96.8 Å². The lowest BCUT2D eigenvalue weighted by molar-refractivity contribution is -0.155. The summed E-state index contributed by atoms with van der Waals surface area (Å²) in [5, 5.41) is 9.39. The molecule has 0 fully saturated rings. The zero-order valence-corrected chi connectivity index (χ0v) is 26.4. The maximum Gasteiger partial charge on any atom is 0.306 e. The van der Waals surface area contributed by atoms with Crippen LogP contribution in [0.4, 0.5) is 0 Å². The monoisotopic (exact) mass is 555 g/mol. The van der Waals surface area contributed by atoms with E-state index in [9.17, 15) is 14.7 Å². The smallest absolute Gasteiger partial charge is 0.306 e. The van der Waals surface area contributed by atoms with Crippen molar-refractivity contribution in [2.75, 3.05) is 32.8 Å². The van der Waals surface area contributed by atoms with Gasteiger partial charge < -0.3 is 19.5 Å². The molecule has 6 heteroatoms. The van der Waals surface area contributed by atoms with Crippen molar-refractivity contribution in [2.45, 2.75) is 168 Å². The third-order valence-electron chi connectivity index (χ3n) is 7.06. The maximum absolute atomic E-state index is 11.9. The fourth-order valence-electron chi connectivity index (χ4n) is 4.81. The number of nitrogens with zero attached hydrogens (tertiary/aromatic N) is 1. The maximum atomic E-state index is 11.9. The van der Waals surface area contributed by atoms with Crippen LogP contribution in [0.1, 0.15) is 163 Å². The minimum Gasteiger partial charge on any atom is -0.466 e. The molecule has 0 aromatic heterocycles. The summed E-state index contributed by atoms with van der Waals surface area (Å²) in [5.74, 6) is -0.130. The van der Waals surface area contributed by atoms with Gasteiger partial charge in [0.15, 0.2) is 0 Å². The summed E-state index contributed by atoms with van der Waals surface area (Å²) < 4.78 is 10.7. The predicted octanol–water partition coefficient (Wildman–Crippen LogP) is 8.38. The minimum absolute atomic E-state index is 0.0338. The highest BCUT2D eigenvalue weighted by atomic mass is 16.6. The molecule has 6 nitrogen and oxygen atoms in total. The zero-order chi connectivity index (χ0) is 29.0. The summed E-state index contributed by atoms with van der Waals surface area (Å²) in [6.07, 6.45) is 23.4. The molecule has 0 aliphatic rings. The van der Waals surface area contributed by atoms with Gasteiger partial charge >= 0.3 is 11.9 Å². The normalized spacial score (nSPS) is 11.7. The van der Waals surface area contributed by atoms with Crippen LogP contribution in [-0.2, 0) is 19.1 Å². The first kappa shape index (κ1) is 37.9. The van der Waals surface area contributed by atoms with E-state index in [-0.39, 0.29) is 18.5 Å². The van der Waals surface area contributed by atoms with Gasteiger partial charge in [-0.15, -0.1) is 0 Å². The molecule has 232 valence electrons. The Morgan fingerprint density at radius 3 is 1.51 bits per heavy atom. The van der Waals surface area contributed by atoms with Crippen molar-refractivity contribution in [3.63, 3.8) is 0 Å². The quantitative estimate of drug-likeness (QED) is 0.0772. The first-order chi connectivity index (χ1) is 18.8. The number of esters is 2. The van der Waals surface area contributed by atoms with Gasteiger partial charge in [0, 0.05) is 19.4 Å². The van der Waals surface area contributed by atoms with E-state index in [2.05, 4.69) is 11.8 Å². The van der Waals surface area contributed by atoms with E-state index < -0.39 is 5.60 Å². The van der Waals surface area contributed by atoms with E-state index in [0.29, 0.717) is 19.4 Å². The first-order valence-electron chi connectivity index (χ1n) is 16.5. The fraction of sp³-hybridized carbons (Fsp3) is 0.939. The van der Waals surface area contributed by atoms with Gasteiger partial charge in [0.05, 0.1) is 13.2 Å². The molecule has 0 aliphatic carbocycles. The summed E-state index contributed by atoms with van der Waals surface area (Å²) in [7, 11) is 0. The largest absolute Gasteiger partial charge is 0.466 e. The molecule has 0 saturated heterocycles. The summed E-state index contributed by atoms with van der Waals surface area (Å²) in [6.45, 7) is 11.5. The second-order valence-electron chi connectivity index (χ2n) is 12.2. The van der Waals surface area contributed by atoms with Gasteiger partial charge in [0.1, 0.15) is 5.60 Å². The molecule has 1 N–H and O–H groups in total. The predicted molar refractivity (Wildman–Crippen MR) is 163 cm³/mol. The third-order valence-corrected chi connectivity index (χ3v) is 7.06. The molecule has 0 aromatic rings. The number of rotatable bonds is 28. The Hall–Kier alpha value is -1.14. The molecule has 0 amide bonds. The fourth-order valence-corrected chi connectivity index (χ4v) is 4.81. The van der Waals surface area contributed by atoms with E-state index in [1.165, 1.54) is 57.8 Å². The third kappa shape index (κ3) is 29.7. The molecule has 0 radical (unpaired) electrons. The van der Waals surface area contributed by atoms with Gasteiger partial charge in [0.25, 0.3) is 0 Å². The Balaban J connectivity index is 3.57. The number of carbonyl (C=O) groups excluding carboxylic acids is 2. The van der Waals surface area contributed by atoms with Crippen molar-refractivity contribution >= 4 is 11.9 Å². The Morgan fingerprint density at radius 2 is 1.03 bits per heavy atom. The highest BCUT2D eigenvalue weighted by Crippen LogP contribution is 2.13. The lowest BCUT2D eigenvalue weighted by atomic mass is 10.1. The van der Waals surface area contributed by atoms with Crippen LogP contribution >= 0.6 is 0 Å². The van der Waals surface area contributed by atoms with Crippen molar-refractivity contribution in [3.8, 4) is 0 Å². The summed E-state index contributed by atoms with van der Waals surface area (Å²) in [5.41, 5.74) is -0.396. The second-order valence-corrected chi connectivity index (χ2v) is 12.2. The minimum atomic E-state index is -0.396. The highest BCUT2D eigenvalue weighted by Gasteiger charge is 2.15. The molecular weight excluding hydrogens is 490 g/mol. The first-order valence-corrected chi connectivity index (χ1v) is 16.5. The van der Waals surface area contributed by atoms with Crippen molar-refractivity contribution < 1.29 is 24.2 Å². The molecular formula is C33H65NO5. The van der Waals surface area contributed by atoms with E-state index in [1.54, 1.807) is 0 Å². The van der Waals surface area contributed by atoms with E-state index in [1.807, 2.05) is 20.8 Å². The van der Waals surface area contributed by atoms with E-state index in [4.69, 9.17) is 9.47 Å².